The number of amides is 1. The second-order valence-electron chi connectivity index (χ2n) is 8.84. The average molecular weight is 552 g/mol. The van der Waals surface area contributed by atoms with Crippen LogP contribution in [0.5, 0.6) is 23.0 Å². The zero-order valence-corrected chi connectivity index (χ0v) is 22.9. The number of thioether (sulfide) groups is 1. The van der Waals surface area contributed by atoms with Crippen LogP contribution in [0.3, 0.4) is 0 Å². The predicted molar refractivity (Wildman–Crippen MR) is 146 cm³/mol. The number of aliphatic imine (C=N–C) groups is 1. The minimum atomic E-state index is -0.635. The van der Waals surface area contributed by atoms with Crippen molar-refractivity contribution in [3.8, 4) is 23.0 Å². The number of esters is 1. The summed E-state index contributed by atoms with van der Waals surface area (Å²) in [7, 11) is 3.11. The molecule has 0 saturated heterocycles. The molecule has 0 unspecified atom stereocenters. The molecule has 0 radical (unpaired) electrons. The van der Waals surface area contributed by atoms with E-state index >= 15 is 0 Å². The molecule has 0 fully saturated rings. The smallest absolute Gasteiger partial charge is 0.338 e. The second-order valence-corrected chi connectivity index (χ2v) is 9.67. The van der Waals surface area contributed by atoms with E-state index < -0.39 is 12.0 Å². The molecular formula is C28H29N3O7S. The Kier molecular flexibility index (Phi) is 7.69. The van der Waals surface area contributed by atoms with Crippen LogP contribution in [0.4, 0.5) is 0 Å². The molecule has 2 aromatic rings. The lowest BCUT2D eigenvalue weighted by Crippen LogP contribution is -2.38. The number of carbonyl (C=O) groups excluding carboxylic acids is 2. The van der Waals surface area contributed by atoms with Gasteiger partial charge >= 0.3 is 5.97 Å². The second kappa shape index (κ2) is 11.3. The van der Waals surface area contributed by atoms with Crippen LogP contribution in [-0.2, 0) is 20.9 Å². The number of nitrogens with one attached hydrogen (secondary N) is 1. The third kappa shape index (κ3) is 5.14. The highest BCUT2D eigenvalue weighted by atomic mass is 32.2. The van der Waals surface area contributed by atoms with Gasteiger partial charge in [-0.1, -0.05) is 30.0 Å². The molecule has 3 heterocycles. The van der Waals surface area contributed by atoms with E-state index in [0.717, 1.165) is 5.56 Å². The number of methoxy groups -OCH3 is 2. The fourth-order valence-electron chi connectivity index (χ4n) is 4.74. The average Bonchev–Trinajstić information content (AvgIpc) is 3.57. The fraction of sp³-hybridized carbons (Fsp3) is 0.321. The van der Waals surface area contributed by atoms with Crippen molar-refractivity contribution >= 4 is 28.8 Å². The van der Waals surface area contributed by atoms with Gasteiger partial charge in [-0.15, -0.1) is 0 Å². The highest BCUT2D eigenvalue weighted by Gasteiger charge is 2.42. The maximum atomic E-state index is 13.2. The number of ether oxygens (including phenoxy) is 5. The van der Waals surface area contributed by atoms with E-state index in [1.54, 1.807) is 34.1 Å². The first-order chi connectivity index (χ1) is 18.9. The Hall–Kier alpha value is -4.12. The molecule has 1 atom stereocenters. The van der Waals surface area contributed by atoms with E-state index in [4.69, 9.17) is 23.7 Å². The number of para-hydroxylation sites is 1. The van der Waals surface area contributed by atoms with Gasteiger partial charge in [0.2, 0.25) is 12.7 Å². The minimum absolute atomic E-state index is 0.0779. The van der Waals surface area contributed by atoms with Crippen LogP contribution in [0.2, 0.25) is 0 Å². The lowest BCUT2D eigenvalue weighted by Gasteiger charge is -2.37. The number of benzene rings is 2. The first kappa shape index (κ1) is 26.5. The lowest BCUT2D eigenvalue weighted by atomic mass is 9.92. The van der Waals surface area contributed by atoms with Crippen LogP contribution >= 0.6 is 11.8 Å². The van der Waals surface area contributed by atoms with Crippen LogP contribution in [-0.4, -0.2) is 49.6 Å². The lowest BCUT2D eigenvalue weighted by molar-refractivity contribution is -0.139. The maximum Gasteiger partial charge on any atom is 0.338 e. The zero-order valence-electron chi connectivity index (χ0n) is 22.1. The van der Waals surface area contributed by atoms with Gasteiger partial charge in [0.1, 0.15) is 0 Å². The molecule has 0 saturated carbocycles. The van der Waals surface area contributed by atoms with Crippen molar-refractivity contribution in [2.75, 3.05) is 27.6 Å². The summed E-state index contributed by atoms with van der Waals surface area (Å²) in [5, 5.41) is 5.52. The number of fused-ring (bicyclic) bond motifs is 2. The number of carbonyl (C=O) groups is 2. The van der Waals surface area contributed by atoms with E-state index in [9.17, 15) is 9.59 Å². The Labute approximate surface area is 230 Å². The first-order valence-electron chi connectivity index (χ1n) is 12.4. The number of hydrogen-bond donors (Lipinski definition) is 1. The van der Waals surface area contributed by atoms with Crippen molar-refractivity contribution in [2.24, 2.45) is 4.99 Å². The van der Waals surface area contributed by atoms with Gasteiger partial charge in [-0.2, -0.15) is 0 Å². The monoisotopic (exact) mass is 551 g/mol. The number of amidine groups is 1. The molecular weight excluding hydrogens is 522 g/mol. The molecule has 39 heavy (non-hydrogen) atoms. The maximum absolute atomic E-state index is 13.2. The topological polar surface area (TPSA) is 108 Å². The van der Waals surface area contributed by atoms with Crippen molar-refractivity contribution in [1.29, 1.82) is 0 Å². The molecule has 10 nitrogen and oxygen atoms in total. The van der Waals surface area contributed by atoms with Gasteiger partial charge in [-0.25, -0.2) is 9.79 Å². The van der Waals surface area contributed by atoms with Crippen LogP contribution in [0.1, 0.15) is 37.4 Å². The fourth-order valence-corrected chi connectivity index (χ4v) is 5.70. The van der Waals surface area contributed by atoms with Crippen LogP contribution in [0.15, 0.2) is 63.8 Å². The van der Waals surface area contributed by atoms with Crippen molar-refractivity contribution in [3.63, 3.8) is 0 Å². The SMILES string of the molecule is CCOC(=O)C1=C(C)N=C2SC=C(CC(=O)NCc3ccc4c(c3)OCO4)N2[C@@H]1c1cccc(OC)c1OC. The third-order valence-electron chi connectivity index (χ3n) is 6.49. The van der Waals surface area contributed by atoms with Crippen molar-refractivity contribution in [3.05, 3.63) is 69.9 Å². The van der Waals surface area contributed by atoms with Gasteiger partial charge in [0.05, 0.1) is 44.6 Å². The molecule has 0 bridgehead atoms. The zero-order chi connectivity index (χ0) is 27.5. The Morgan fingerprint density at radius 2 is 1.97 bits per heavy atom. The van der Waals surface area contributed by atoms with Gasteiger partial charge in [-0.3, -0.25) is 4.79 Å². The molecule has 0 aromatic heterocycles. The Morgan fingerprint density at radius 3 is 2.74 bits per heavy atom. The largest absolute Gasteiger partial charge is 0.493 e. The first-order valence-corrected chi connectivity index (χ1v) is 13.3. The summed E-state index contributed by atoms with van der Waals surface area (Å²) < 4.78 is 27.5. The molecule has 204 valence electrons. The van der Waals surface area contributed by atoms with E-state index in [1.165, 1.54) is 11.8 Å². The molecule has 0 aliphatic carbocycles. The van der Waals surface area contributed by atoms with Crippen molar-refractivity contribution < 1.29 is 33.3 Å². The predicted octanol–water partition coefficient (Wildman–Crippen LogP) is 4.28. The Bertz CT molecular complexity index is 1400. The highest BCUT2D eigenvalue weighted by Crippen LogP contribution is 2.48. The van der Waals surface area contributed by atoms with Gasteiger partial charge < -0.3 is 33.9 Å². The number of allylic oxidation sites excluding steroid dienone is 1. The molecule has 3 aliphatic rings. The van der Waals surface area contributed by atoms with Crippen molar-refractivity contribution in [1.82, 2.24) is 10.2 Å². The molecule has 2 aromatic carbocycles. The molecule has 3 aliphatic heterocycles. The molecule has 0 spiro atoms. The molecule has 1 amide bonds. The number of hydrogen-bond acceptors (Lipinski definition) is 10. The number of rotatable bonds is 9. The molecule has 11 heteroatoms. The van der Waals surface area contributed by atoms with Crippen LogP contribution in [0, 0.1) is 0 Å². The highest BCUT2D eigenvalue weighted by molar-refractivity contribution is 8.16. The summed E-state index contributed by atoms with van der Waals surface area (Å²) in [5.74, 6) is 1.71. The molecule has 5 rings (SSSR count). The van der Waals surface area contributed by atoms with E-state index in [1.807, 2.05) is 40.6 Å². The summed E-state index contributed by atoms with van der Waals surface area (Å²) in [4.78, 5) is 32.9. The van der Waals surface area contributed by atoms with E-state index in [0.29, 0.717) is 57.2 Å². The number of nitrogens with zero attached hydrogens (tertiary/aromatic N) is 2. The summed E-state index contributed by atoms with van der Waals surface area (Å²) in [6, 6.07) is 10.4. The van der Waals surface area contributed by atoms with Gasteiger partial charge in [0, 0.05) is 17.8 Å². The van der Waals surface area contributed by atoms with E-state index in [-0.39, 0.29) is 25.7 Å². The van der Waals surface area contributed by atoms with Crippen LogP contribution in [0.25, 0.3) is 0 Å². The van der Waals surface area contributed by atoms with Crippen molar-refractivity contribution in [2.45, 2.75) is 32.9 Å². The van der Waals surface area contributed by atoms with Gasteiger partial charge in [0.25, 0.3) is 0 Å². The third-order valence-corrected chi connectivity index (χ3v) is 7.38. The van der Waals surface area contributed by atoms with E-state index in [2.05, 4.69) is 10.3 Å². The normalized spacial score (nSPS) is 17.3. The van der Waals surface area contributed by atoms with Crippen LogP contribution < -0.4 is 24.3 Å². The minimum Gasteiger partial charge on any atom is -0.493 e. The van der Waals surface area contributed by atoms with Gasteiger partial charge in [-0.05, 0) is 43.0 Å². The van der Waals surface area contributed by atoms with Gasteiger partial charge in [0.15, 0.2) is 28.2 Å². The molecule has 1 N–H and O–H groups in total. The quantitative estimate of drug-likeness (QED) is 0.457. The summed E-state index contributed by atoms with van der Waals surface area (Å²) >= 11 is 1.40. The summed E-state index contributed by atoms with van der Waals surface area (Å²) in [6.07, 6.45) is 0.0779. The Morgan fingerprint density at radius 1 is 1.15 bits per heavy atom. The Balaban J connectivity index is 1.43. The summed E-state index contributed by atoms with van der Waals surface area (Å²) in [5.41, 5.74) is 3.21. The summed E-state index contributed by atoms with van der Waals surface area (Å²) in [6.45, 7) is 4.28. The standard InChI is InChI=1S/C28H29N3O7S/c1-5-36-27(33)24-16(2)30-28-31(25(24)19-7-6-8-21(34-3)26(19)35-4)18(14-39-28)12-23(32)29-13-17-9-10-20-22(11-17)38-15-37-20/h6-11,14,25H,5,12-13,15H2,1-4H3,(H,29,32)/t25-/m1/s1.